The van der Waals surface area contributed by atoms with Crippen LogP contribution < -0.4 is 5.32 Å². The van der Waals surface area contributed by atoms with E-state index in [4.69, 9.17) is 0 Å². The summed E-state index contributed by atoms with van der Waals surface area (Å²) >= 11 is 0. The van der Waals surface area contributed by atoms with E-state index < -0.39 is 0 Å². The van der Waals surface area contributed by atoms with Gasteiger partial charge in [-0.1, -0.05) is 65.5 Å². The predicted octanol–water partition coefficient (Wildman–Crippen LogP) is 6.95. The Kier molecular flexibility index (Phi) is 9.47. The number of rotatable bonds is 6. The Balaban J connectivity index is 0.000000303. The van der Waals surface area contributed by atoms with Gasteiger partial charge >= 0.3 is 0 Å². The molecule has 0 amide bonds. The lowest BCUT2D eigenvalue weighted by atomic mass is 9.65. The van der Waals surface area contributed by atoms with Gasteiger partial charge in [0.1, 0.15) is 0 Å². The minimum Gasteiger partial charge on any atom is -0.392 e. The number of hydrogen-bond donors (Lipinski definition) is 1. The van der Waals surface area contributed by atoms with E-state index in [9.17, 15) is 0 Å². The molecule has 0 atom stereocenters. The van der Waals surface area contributed by atoms with Crippen LogP contribution in [0.4, 0.5) is 0 Å². The van der Waals surface area contributed by atoms with Crippen molar-refractivity contribution in [2.75, 3.05) is 26.7 Å². The lowest BCUT2D eigenvalue weighted by Crippen LogP contribution is -2.45. The van der Waals surface area contributed by atoms with E-state index in [0.29, 0.717) is 10.8 Å². The largest absolute Gasteiger partial charge is 0.392 e. The van der Waals surface area contributed by atoms with Gasteiger partial charge in [-0.05, 0) is 98.9 Å². The zero-order chi connectivity index (χ0) is 22.2. The van der Waals surface area contributed by atoms with Gasteiger partial charge in [-0.2, -0.15) is 0 Å². The maximum Gasteiger partial charge on any atom is 0.00311 e. The molecule has 1 aromatic carbocycles. The van der Waals surface area contributed by atoms with Crippen molar-refractivity contribution < 1.29 is 0 Å². The summed E-state index contributed by atoms with van der Waals surface area (Å²) in [7, 11) is 1.92. The molecule has 3 rings (SSSR count). The number of likely N-dealkylation sites (tertiary alicyclic amines) is 1. The standard InChI is InChI=1S/C20H31N.C8H17N/c1-19(2,3)11-14-21-15-12-20(13-16-21)10-6-8-17-7-4-5-9-18(17)20;1-7(2)5-6-8(3)9-4/h4-5,7,9H,6,8,10-16H2,1-3H3;7,9H,3,5-6H2,1-2,4H3. The van der Waals surface area contributed by atoms with Crippen molar-refractivity contribution in [1.29, 1.82) is 0 Å². The highest BCUT2D eigenvalue weighted by Gasteiger charge is 2.39. The summed E-state index contributed by atoms with van der Waals surface area (Å²) < 4.78 is 0. The Hall–Kier alpha value is -1.28. The lowest BCUT2D eigenvalue weighted by molar-refractivity contribution is 0.132. The molecular weight excluding hydrogens is 364 g/mol. The van der Waals surface area contributed by atoms with Crippen LogP contribution in [0.3, 0.4) is 0 Å². The zero-order valence-corrected chi connectivity index (χ0v) is 20.8. The maximum absolute atomic E-state index is 3.83. The SMILES string of the molecule is C=C(CCC(C)C)NC.CC(C)(C)CCN1CCC2(CCCc3ccccc32)CC1. The molecule has 1 spiro atoms. The zero-order valence-electron chi connectivity index (χ0n) is 20.8. The van der Waals surface area contributed by atoms with Gasteiger partial charge < -0.3 is 10.2 Å². The highest BCUT2D eigenvalue weighted by atomic mass is 15.1. The molecule has 2 nitrogen and oxygen atoms in total. The van der Waals surface area contributed by atoms with Gasteiger partial charge in [0.15, 0.2) is 0 Å². The molecule has 1 aliphatic carbocycles. The van der Waals surface area contributed by atoms with E-state index in [1.54, 1.807) is 11.1 Å². The number of aryl methyl sites for hydroxylation is 1. The molecule has 1 heterocycles. The highest BCUT2D eigenvalue weighted by Crippen LogP contribution is 2.44. The van der Waals surface area contributed by atoms with Crippen molar-refractivity contribution in [3.05, 3.63) is 47.7 Å². The van der Waals surface area contributed by atoms with Gasteiger partial charge in [-0.25, -0.2) is 0 Å². The van der Waals surface area contributed by atoms with Crippen molar-refractivity contribution in [2.45, 2.75) is 91.4 Å². The highest BCUT2D eigenvalue weighted by molar-refractivity contribution is 5.37. The Morgan fingerprint density at radius 3 is 2.40 bits per heavy atom. The topological polar surface area (TPSA) is 15.3 Å². The summed E-state index contributed by atoms with van der Waals surface area (Å²) in [5.41, 5.74) is 5.43. The summed E-state index contributed by atoms with van der Waals surface area (Å²) in [5.74, 6) is 0.787. The third-order valence-corrected chi connectivity index (χ3v) is 7.06. The number of hydrogen-bond acceptors (Lipinski definition) is 2. The monoisotopic (exact) mass is 412 g/mol. The average molecular weight is 413 g/mol. The number of allylic oxidation sites excluding steroid dienone is 1. The first-order chi connectivity index (χ1) is 14.1. The van der Waals surface area contributed by atoms with E-state index in [1.807, 2.05) is 7.05 Å². The van der Waals surface area contributed by atoms with Crippen LogP contribution in [0.1, 0.15) is 90.7 Å². The molecular formula is C28H48N2. The van der Waals surface area contributed by atoms with Crippen molar-refractivity contribution in [1.82, 2.24) is 10.2 Å². The molecule has 1 N–H and O–H groups in total. The Bertz CT molecular complexity index is 645. The molecule has 0 aromatic heterocycles. The molecule has 0 bridgehead atoms. The molecule has 1 saturated heterocycles. The number of piperidine rings is 1. The second-order valence-corrected chi connectivity index (χ2v) is 11.2. The van der Waals surface area contributed by atoms with Crippen LogP contribution in [0.15, 0.2) is 36.5 Å². The van der Waals surface area contributed by atoms with Crippen LogP contribution in [0.25, 0.3) is 0 Å². The van der Waals surface area contributed by atoms with Gasteiger partial charge in [0.05, 0.1) is 0 Å². The summed E-state index contributed by atoms with van der Waals surface area (Å²) in [6.45, 7) is 19.2. The molecule has 1 fully saturated rings. The number of nitrogens with one attached hydrogen (secondary N) is 1. The number of fused-ring (bicyclic) bond motifs is 2. The smallest absolute Gasteiger partial charge is 0.00311 e. The maximum atomic E-state index is 3.83. The fourth-order valence-corrected chi connectivity index (χ4v) is 4.81. The summed E-state index contributed by atoms with van der Waals surface area (Å²) in [6, 6.07) is 9.25. The van der Waals surface area contributed by atoms with E-state index in [1.165, 1.54) is 64.6 Å². The van der Waals surface area contributed by atoms with E-state index >= 15 is 0 Å². The molecule has 1 aliphatic heterocycles. The van der Waals surface area contributed by atoms with Crippen LogP contribution in [-0.4, -0.2) is 31.6 Å². The molecule has 30 heavy (non-hydrogen) atoms. The Morgan fingerprint density at radius 2 is 1.80 bits per heavy atom. The van der Waals surface area contributed by atoms with Gasteiger partial charge in [0.25, 0.3) is 0 Å². The third kappa shape index (κ3) is 7.76. The summed E-state index contributed by atoms with van der Waals surface area (Å²) in [4.78, 5) is 2.70. The van der Waals surface area contributed by atoms with Gasteiger partial charge in [0, 0.05) is 12.7 Å². The van der Waals surface area contributed by atoms with Crippen LogP contribution in [0, 0.1) is 11.3 Å². The second kappa shape index (κ2) is 11.4. The molecule has 170 valence electrons. The van der Waals surface area contributed by atoms with Crippen molar-refractivity contribution in [3.8, 4) is 0 Å². The predicted molar refractivity (Wildman–Crippen MR) is 133 cm³/mol. The van der Waals surface area contributed by atoms with Crippen LogP contribution >= 0.6 is 0 Å². The van der Waals surface area contributed by atoms with Crippen molar-refractivity contribution in [2.24, 2.45) is 11.3 Å². The van der Waals surface area contributed by atoms with Crippen LogP contribution in [0.2, 0.25) is 0 Å². The normalized spacial score (nSPS) is 18.5. The molecule has 0 radical (unpaired) electrons. The summed E-state index contributed by atoms with van der Waals surface area (Å²) in [5, 5.41) is 3.03. The fraction of sp³-hybridized carbons (Fsp3) is 0.714. The minimum atomic E-state index is 0.465. The quantitative estimate of drug-likeness (QED) is 0.544. The van der Waals surface area contributed by atoms with E-state index in [0.717, 1.165) is 18.0 Å². The summed E-state index contributed by atoms with van der Waals surface area (Å²) in [6.07, 6.45) is 10.5. The number of benzene rings is 1. The molecule has 0 unspecified atom stereocenters. The van der Waals surface area contributed by atoms with Crippen LogP contribution in [0.5, 0.6) is 0 Å². The Labute approximate surface area is 187 Å². The molecule has 2 heteroatoms. The molecule has 0 saturated carbocycles. The first-order valence-corrected chi connectivity index (χ1v) is 12.3. The first kappa shape index (κ1) is 25.0. The van der Waals surface area contributed by atoms with E-state index in [-0.39, 0.29) is 0 Å². The van der Waals surface area contributed by atoms with Crippen molar-refractivity contribution in [3.63, 3.8) is 0 Å². The van der Waals surface area contributed by atoms with Gasteiger partial charge in [0.2, 0.25) is 0 Å². The third-order valence-electron chi connectivity index (χ3n) is 7.06. The fourth-order valence-electron chi connectivity index (χ4n) is 4.81. The van der Waals surface area contributed by atoms with Gasteiger partial charge in [-0.15, -0.1) is 0 Å². The van der Waals surface area contributed by atoms with E-state index in [2.05, 4.69) is 75.7 Å². The molecule has 1 aromatic rings. The van der Waals surface area contributed by atoms with Crippen molar-refractivity contribution >= 4 is 0 Å². The number of nitrogens with zero attached hydrogens (tertiary/aromatic N) is 1. The molecule has 2 aliphatic rings. The Morgan fingerprint density at radius 1 is 1.13 bits per heavy atom. The minimum absolute atomic E-state index is 0.465. The van der Waals surface area contributed by atoms with Gasteiger partial charge in [-0.3, -0.25) is 0 Å². The van der Waals surface area contributed by atoms with Crippen LogP contribution in [-0.2, 0) is 11.8 Å². The lowest BCUT2D eigenvalue weighted by Gasteiger charge is -2.46. The average Bonchev–Trinajstić information content (AvgIpc) is 2.72. The second-order valence-electron chi connectivity index (χ2n) is 11.2. The first-order valence-electron chi connectivity index (χ1n) is 12.3.